The average molecular weight is 409 g/mol. The molecule has 0 spiro atoms. The molecule has 0 saturated carbocycles. The third-order valence-electron chi connectivity index (χ3n) is 4.78. The van der Waals surface area contributed by atoms with Gasteiger partial charge in [-0.15, -0.1) is 0 Å². The fourth-order valence-corrected chi connectivity index (χ4v) is 3.19. The highest BCUT2D eigenvalue weighted by atomic mass is 16.5. The Kier molecular flexibility index (Phi) is 5.50. The zero-order chi connectivity index (χ0) is 21.8. The van der Waals surface area contributed by atoms with Gasteiger partial charge in [0.1, 0.15) is 24.3 Å². The van der Waals surface area contributed by atoms with Crippen molar-refractivity contribution in [1.82, 2.24) is 9.97 Å². The lowest BCUT2D eigenvalue weighted by atomic mass is 10.1. The van der Waals surface area contributed by atoms with E-state index in [0.717, 1.165) is 27.7 Å². The second kappa shape index (κ2) is 8.56. The van der Waals surface area contributed by atoms with E-state index in [4.69, 9.17) is 9.84 Å². The SMILES string of the molecule is Cc1ccc2nc(C(C#N)=Cc3ccc(OCc4cccc(C(=O)O)c4)cc3)[nH]c2c1. The first-order valence-electron chi connectivity index (χ1n) is 9.65. The van der Waals surface area contributed by atoms with Crippen LogP contribution in [-0.2, 0) is 6.61 Å². The van der Waals surface area contributed by atoms with E-state index in [1.54, 1.807) is 24.3 Å². The van der Waals surface area contributed by atoms with Crippen LogP contribution < -0.4 is 4.74 Å². The molecule has 4 rings (SSSR count). The number of ether oxygens (including phenoxy) is 1. The highest BCUT2D eigenvalue weighted by Gasteiger charge is 2.08. The number of nitriles is 1. The number of imidazole rings is 1. The first-order valence-corrected chi connectivity index (χ1v) is 9.65. The Labute approximate surface area is 179 Å². The summed E-state index contributed by atoms with van der Waals surface area (Å²) in [5.41, 5.74) is 5.11. The van der Waals surface area contributed by atoms with Gasteiger partial charge in [-0.25, -0.2) is 9.78 Å². The second-order valence-electron chi connectivity index (χ2n) is 7.14. The minimum Gasteiger partial charge on any atom is -0.489 e. The molecule has 6 nitrogen and oxygen atoms in total. The van der Waals surface area contributed by atoms with Gasteiger partial charge >= 0.3 is 5.97 Å². The topological polar surface area (TPSA) is 99.0 Å². The second-order valence-corrected chi connectivity index (χ2v) is 7.14. The maximum atomic E-state index is 11.1. The van der Waals surface area contributed by atoms with E-state index in [-0.39, 0.29) is 12.2 Å². The first-order chi connectivity index (χ1) is 15.0. The number of fused-ring (bicyclic) bond motifs is 1. The van der Waals surface area contributed by atoms with Gasteiger partial charge in [-0.3, -0.25) is 0 Å². The molecule has 31 heavy (non-hydrogen) atoms. The molecule has 1 aromatic heterocycles. The van der Waals surface area contributed by atoms with Crippen LogP contribution in [0.5, 0.6) is 5.75 Å². The molecule has 0 amide bonds. The van der Waals surface area contributed by atoms with Gasteiger partial charge in [-0.2, -0.15) is 5.26 Å². The molecule has 0 aliphatic heterocycles. The van der Waals surface area contributed by atoms with Crippen LogP contribution in [-0.4, -0.2) is 21.0 Å². The summed E-state index contributed by atoms with van der Waals surface area (Å²) in [7, 11) is 0. The maximum absolute atomic E-state index is 11.1. The van der Waals surface area contributed by atoms with E-state index in [1.807, 2.05) is 55.5 Å². The number of hydrogen-bond acceptors (Lipinski definition) is 4. The number of rotatable bonds is 6. The predicted octanol–water partition coefficient (Wildman–Crippen LogP) is 5.21. The number of allylic oxidation sites excluding steroid dienone is 1. The van der Waals surface area contributed by atoms with E-state index in [1.165, 1.54) is 0 Å². The number of aromatic nitrogens is 2. The number of aromatic carboxylic acids is 1. The van der Waals surface area contributed by atoms with E-state index in [9.17, 15) is 10.1 Å². The molecular weight excluding hydrogens is 390 g/mol. The monoisotopic (exact) mass is 409 g/mol. The van der Waals surface area contributed by atoms with Crippen molar-refractivity contribution in [1.29, 1.82) is 5.26 Å². The summed E-state index contributed by atoms with van der Waals surface area (Å²) in [6, 6.07) is 22.1. The summed E-state index contributed by atoms with van der Waals surface area (Å²) in [5.74, 6) is 0.211. The number of aryl methyl sites for hydroxylation is 1. The highest BCUT2D eigenvalue weighted by molar-refractivity contribution is 5.90. The number of H-pyrrole nitrogens is 1. The smallest absolute Gasteiger partial charge is 0.335 e. The molecule has 0 unspecified atom stereocenters. The van der Waals surface area contributed by atoms with Crippen molar-refractivity contribution in [2.75, 3.05) is 0 Å². The summed E-state index contributed by atoms with van der Waals surface area (Å²) in [6.45, 7) is 2.27. The third kappa shape index (κ3) is 4.62. The van der Waals surface area contributed by atoms with Crippen molar-refractivity contribution < 1.29 is 14.6 Å². The van der Waals surface area contributed by atoms with Gasteiger partial charge in [-0.1, -0.05) is 30.3 Å². The number of nitrogens with one attached hydrogen (secondary N) is 1. The van der Waals surface area contributed by atoms with Crippen LogP contribution in [0.25, 0.3) is 22.7 Å². The Balaban J connectivity index is 1.48. The number of hydrogen-bond donors (Lipinski definition) is 2. The number of carboxylic acid groups (broad SMARTS) is 1. The lowest BCUT2D eigenvalue weighted by Gasteiger charge is -2.07. The Morgan fingerprint density at radius 1 is 1.16 bits per heavy atom. The zero-order valence-electron chi connectivity index (χ0n) is 16.8. The molecule has 0 bridgehead atoms. The largest absolute Gasteiger partial charge is 0.489 e. The molecule has 0 saturated heterocycles. The number of benzene rings is 3. The van der Waals surface area contributed by atoms with Gasteiger partial charge in [0.2, 0.25) is 0 Å². The predicted molar refractivity (Wildman–Crippen MR) is 118 cm³/mol. The van der Waals surface area contributed by atoms with Gasteiger partial charge in [0, 0.05) is 0 Å². The van der Waals surface area contributed by atoms with Crippen LogP contribution in [0.2, 0.25) is 0 Å². The summed E-state index contributed by atoms with van der Waals surface area (Å²) in [5, 5.41) is 18.7. The molecule has 0 radical (unpaired) electrons. The fraction of sp³-hybridized carbons (Fsp3) is 0.0800. The summed E-state index contributed by atoms with van der Waals surface area (Å²) >= 11 is 0. The van der Waals surface area contributed by atoms with Crippen molar-refractivity contribution in [2.24, 2.45) is 0 Å². The molecule has 0 aliphatic rings. The third-order valence-corrected chi connectivity index (χ3v) is 4.78. The summed E-state index contributed by atoms with van der Waals surface area (Å²) in [4.78, 5) is 18.8. The molecule has 152 valence electrons. The lowest BCUT2D eigenvalue weighted by molar-refractivity contribution is 0.0696. The lowest BCUT2D eigenvalue weighted by Crippen LogP contribution is -2.00. The van der Waals surface area contributed by atoms with Crippen molar-refractivity contribution in [3.05, 3.63) is 94.8 Å². The van der Waals surface area contributed by atoms with Crippen LogP contribution in [0.1, 0.15) is 32.9 Å². The standard InChI is InChI=1S/C25H19N3O3/c1-16-5-10-22-23(11-16)28-24(27-22)20(14-26)12-17-6-8-21(9-7-17)31-15-18-3-2-4-19(13-18)25(29)30/h2-13H,15H2,1H3,(H,27,28)(H,29,30). The van der Waals surface area contributed by atoms with E-state index >= 15 is 0 Å². The Bertz CT molecular complexity index is 1330. The molecular formula is C25H19N3O3. The number of nitrogens with zero attached hydrogens (tertiary/aromatic N) is 2. The fourth-order valence-electron chi connectivity index (χ4n) is 3.19. The molecule has 0 atom stereocenters. The minimum absolute atomic E-state index is 0.228. The molecule has 2 N–H and O–H groups in total. The maximum Gasteiger partial charge on any atom is 0.335 e. The van der Waals surface area contributed by atoms with Crippen molar-refractivity contribution in [3.8, 4) is 11.8 Å². The number of aromatic amines is 1. The van der Waals surface area contributed by atoms with Crippen molar-refractivity contribution >= 4 is 28.7 Å². The quantitative estimate of drug-likeness (QED) is 0.426. The van der Waals surface area contributed by atoms with Crippen LogP contribution >= 0.6 is 0 Å². The molecule has 1 heterocycles. The Hall–Kier alpha value is -4.37. The van der Waals surface area contributed by atoms with Gasteiger partial charge in [0.15, 0.2) is 0 Å². The van der Waals surface area contributed by atoms with Gasteiger partial charge in [-0.05, 0) is 66.1 Å². The average Bonchev–Trinajstić information content (AvgIpc) is 3.20. The Morgan fingerprint density at radius 3 is 2.71 bits per heavy atom. The molecule has 6 heteroatoms. The van der Waals surface area contributed by atoms with Gasteiger partial charge < -0.3 is 14.8 Å². The highest BCUT2D eigenvalue weighted by Crippen LogP contribution is 2.22. The molecule has 3 aromatic carbocycles. The first kappa shape index (κ1) is 19.9. The molecule has 0 aliphatic carbocycles. The van der Waals surface area contributed by atoms with E-state index in [2.05, 4.69) is 16.0 Å². The van der Waals surface area contributed by atoms with Gasteiger partial charge in [0.25, 0.3) is 0 Å². The number of carbonyl (C=O) groups is 1. The zero-order valence-corrected chi connectivity index (χ0v) is 16.8. The van der Waals surface area contributed by atoms with Crippen molar-refractivity contribution in [3.63, 3.8) is 0 Å². The van der Waals surface area contributed by atoms with Crippen LogP contribution in [0, 0.1) is 18.3 Å². The van der Waals surface area contributed by atoms with Gasteiger partial charge in [0.05, 0.1) is 22.2 Å². The summed E-state index contributed by atoms with van der Waals surface area (Å²) < 4.78 is 5.75. The van der Waals surface area contributed by atoms with Crippen LogP contribution in [0.3, 0.4) is 0 Å². The number of carboxylic acids is 1. The minimum atomic E-state index is -0.967. The van der Waals surface area contributed by atoms with Crippen LogP contribution in [0.4, 0.5) is 0 Å². The Morgan fingerprint density at radius 2 is 1.97 bits per heavy atom. The molecule has 4 aromatic rings. The van der Waals surface area contributed by atoms with Crippen molar-refractivity contribution in [2.45, 2.75) is 13.5 Å². The van der Waals surface area contributed by atoms with E-state index in [0.29, 0.717) is 17.1 Å². The normalized spacial score (nSPS) is 11.3. The summed E-state index contributed by atoms with van der Waals surface area (Å²) in [6.07, 6.45) is 1.77. The van der Waals surface area contributed by atoms with E-state index < -0.39 is 5.97 Å². The van der Waals surface area contributed by atoms with Crippen LogP contribution in [0.15, 0.2) is 66.7 Å². The molecule has 0 fully saturated rings.